The van der Waals surface area contributed by atoms with Crippen molar-refractivity contribution in [3.8, 4) is 0 Å². The third-order valence-corrected chi connectivity index (χ3v) is 0.553. The molecule has 0 fully saturated rings. The van der Waals surface area contributed by atoms with Crippen molar-refractivity contribution < 1.29 is 19.8 Å². The summed E-state index contributed by atoms with van der Waals surface area (Å²) in [6, 6.07) is 0. The summed E-state index contributed by atoms with van der Waals surface area (Å²) in [5.74, 6) is -2.15. The average molecular weight is 176 g/mol. The van der Waals surface area contributed by atoms with Crippen LogP contribution in [-0.2, 0) is 9.59 Å². The Labute approximate surface area is 87.4 Å². The van der Waals surface area contributed by atoms with Gasteiger partial charge in [-0.2, -0.15) is 13.5 Å². The maximum atomic E-state index is 9.64. The van der Waals surface area contributed by atoms with E-state index in [0.717, 1.165) is 0 Å². The van der Waals surface area contributed by atoms with Gasteiger partial charge in [-0.1, -0.05) is 0 Å². The van der Waals surface area contributed by atoms with Crippen molar-refractivity contribution in [1.29, 1.82) is 0 Å². The summed E-state index contributed by atoms with van der Waals surface area (Å²) in [6.45, 7) is 0. The third-order valence-electron chi connectivity index (χ3n) is 0.553. The van der Waals surface area contributed by atoms with Crippen LogP contribution in [0.1, 0.15) is 12.8 Å². The van der Waals surface area contributed by atoms with E-state index < -0.39 is 11.9 Å². The third kappa shape index (κ3) is 15.7. The predicted molar refractivity (Wildman–Crippen MR) is 42.0 cm³/mol. The fourth-order valence-electron chi connectivity index (χ4n) is 0.214. The average Bonchev–Trinajstić information content (AvgIpc) is 1.61. The van der Waals surface area contributed by atoms with Crippen molar-refractivity contribution in [2.24, 2.45) is 0 Å². The Morgan fingerprint density at radius 1 is 1.00 bits per heavy atom. The molecule has 0 aliphatic heterocycles. The second-order valence-electron chi connectivity index (χ2n) is 1.29. The van der Waals surface area contributed by atoms with Crippen LogP contribution in [-0.4, -0.2) is 51.7 Å². The topological polar surface area (TPSA) is 74.6 Å². The number of hydrogen-bond acceptors (Lipinski definition) is 2. The molecule has 0 rings (SSSR count). The van der Waals surface area contributed by atoms with E-state index >= 15 is 0 Å². The molecule has 0 heterocycles. The summed E-state index contributed by atoms with van der Waals surface area (Å²) >= 11 is 0. The van der Waals surface area contributed by atoms with Gasteiger partial charge < -0.3 is 10.2 Å². The van der Waals surface area contributed by atoms with E-state index in [4.69, 9.17) is 10.2 Å². The number of carboxylic acid groups (broad SMARTS) is 2. The quantitative estimate of drug-likeness (QED) is 0.563. The zero-order valence-electron chi connectivity index (χ0n) is 4.63. The van der Waals surface area contributed by atoms with Gasteiger partial charge >= 0.3 is 41.5 Å². The number of aliphatic carboxylic acids is 2. The van der Waals surface area contributed by atoms with Gasteiger partial charge in [-0.15, -0.1) is 0 Å². The van der Waals surface area contributed by atoms with E-state index in [9.17, 15) is 9.59 Å². The van der Waals surface area contributed by atoms with E-state index in [1.165, 1.54) is 0 Å². The Balaban J connectivity index is -0.000000245. The van der Waals surface area contributed by atoms with E-state index in [-0.39, 0.29) is 55.9 Å². The zero-order chi connectivity index (χ0) is 6.57. The molecule has 0 unspecified atom stereocenters. The molecule has 0 bridgehead atoms. The van der Waals surface area contributed by atoms with Crippen molar-refractivity contribution in [1.82, 2.24) is 0 Å². The predicted octanol–water partition coefficient (Wildman–Crippen LogP) is -0.600. The maximum absolute atomic E-state index is 9.64. The van der Waals surface area contributed by atoms with Gasteiger partial charge in [-0.25, -0.2) is 0 Å². The Hall–Kier alpha value is 0.290. The SMILES string of the molecule is O=C(O)CCC(=O)O.S.[NaH]. The van der Waals surface area contributed by atoms with Crippen molar-refractivity contribution in [3.63, 3.8) is 0 Å². The van der Waals surface area contributed by atoms with E-state index in [1.54, 1.807) is 0 Å². The van der Waals surface area contributed by atoms with Gasteiger partial charge in [0.1, 0.15) is 0 Å². The van der Waals surface area contributed by atoms with Gasteiger partial charge in [0, 0.05) is 0 Å². The van der Waals surface area contributed by atoms with Gasteiger partial charge in [0.2, 0.25) is 0 Å². The molecular formula is C4H9NaO4S. The molecule has 0 spiro atoms. The summed E-state index contributed by atoms with van der Waals surface area (Å²) in [6.07, 6.45) is -0.593. The minimum absolute atomic E-state index is 0. The van der Waals surface area contributed by atoms with Crippen LogP contribution in [0.25, 0.3) is 0 Å². The Bertz CT molecular complexity index is 102. The molecule has 0 aliphatic rings. The van der Waals surface area contributed by atoms with Crippen LogP contribution in [0.15, 0.2) is 0 Å². The molecule has 0 amide bonds. The molecule has 0 aromatic heterocycles. The summed E-state index contributed by atoms with van der Waals surface area (Å²) in [7, 11) is 0. The van der Waals surface area contributed by atoms with Crippen molar-refractivity contribution in [2.45, 2.75) is 12.8 Å². The molecule has 0 atom stereocenters. The standard InChI is InChI=1S/C4H6O4.Na.H2S.H/c5-3(6)1-2-4(7)8;;;/h1-2H2,(H,5,6)(H,7,8);;1H2;. The second kappa shape index (κ2) is 9.29. The first-order chi connectivity index (χ1) is 3.63. The van der Waals surface area contributed by atoms with Gasteiger partial charge in [0.15, 0.2) is 0 Å². The molecule has 4 nitrogen and oxygen atoms in total. The van der Waals surface area contributed by atoms with Gasteiger partial charge in [-0.3, -0.25) is 9.59 Å². The van der Waals surface area contributed by atoms with E-state index in [2.05, 4.69) is 0 Å². The normalized spacial score (nSPS) is 6.80. The fourth-order valence-corrected chi connectivity index (χ4v) is 0.214. The molecule has 0 saturated heterocycles. The van der Waals surface area contributed by atoms with E-state index in [0.29, 0.717) is 0 Å². The van der Waals surface area contributed by atoms with Crippen LogP contribution >= 0.6 is 13.5 Å². The summed E-state index contributed by atoms with van der Waals surface area (Å²) in [5, 5.41) is 15.8. The summed E-state index contributed by atoms with van der Waals surface area (Å²) < 4.78 is 0. The molecular weight excluding hydrogens is 167 g/mol. The first-order valence-electron chi connectivity index (χ1n) is 2.06. The number of hydrogen-bond donors (Lipinski definition) is 2. The molecule has 2 N–H and O–H groups in total. The van der Waals surface area contributed by atoms with Crippen molar-refractivity contribution in [2.75, 3.05) is 0 Å². The Morgan fingerprint density at radius 3 is 1.30 bits per heavy atom. The van der Waals surface area contributed by atoms with Crippen LogP contribution < -0.4 is 0 Å². The number of carbonyl (C=O) groups is 2. The first-order valence-corrected chi connectivity index (χ1v) is 2.06. The molecule has 0 aliphatic carbocycles. The Morgan fingerprint density at radius 2 is 1.20 bits per heavy atom. The van der Waals surface area contributed by atoms with Crippen LogP contribution in [0.2, 0.25) is 0 Å². The second-order valence-corrected chi connectivity index (χ2v) is 1.29. The molecule has 56 valence electrons. The number of rotatable bonds is 3. The van der Waals surface area contributed by atoms with Crippen LogP contribution in [0.3, 0.4) is 0 Å². The molecule has 10 heavy (non-hydrogen) atoms. The van der Waals surface area contributed by atoms with Gasteiger partial charge in [0.25, 0.3) is 0 Å². The van der Waals surface area contributed by atoms with E-state index in [1.807, 2.05) is 0 Å². The van der Waals surface area contributed by atoms with Gasteiger partial charge in [0.05, 0.1) is 12.8 Å². The molecule has 6 heteroatoms. The Kier molecular flexibility index (Phi) is 15.5. The zero-order valence-corrected chi connectivity index (χ0v) is 5.63. The first kappa shape index (κ1) is 16.7. The fraction of sp³-hybridized carbons (Fsp3) is 0.500. The molecule has 0 aromatic carbocycles. The monoisotopic (exact) mass is 176 g/mol. The minimum atomic E-state index is -1.08. The van der Waals surface area contributed by atoms with Crippen molar-refractivity contribution in [3.05, 3.63) is 0 Å². The van der Waals surface area contributed by atoms with Crippen LogP contribution in [0.4, 0.5) is 0 Å². The summed E-state index contributed by atoms with van der Waals surface area (Å²) in [5.41, 5.74) is 0. The van der Waals surface area contributed by atoms with Crippen LogP contribution in [0.5, 0.6) is 0 Å². The van der Waals surface area contributed by atoms with Crippen LogP contribution in [0, 0.1) is 0 Å². The molecule has 0 saturated carbocycles. The van der Waals surface area contributed by atoms with Crippen molar-refractivity contribution >= 4 is 55.0 Å². The summed E-state index contributed by atoms with van der Waals surface area (Å²) in [4.78, 5) is 19.3. The molecule has 0 radical (unpaired) electrons. The molecule has 0 aromatic rings. The number of carboxylic acids is 2. The van der Waals surface area contributed by atoms with Gasteiger partial charge in [-0.05, 0) is 0 Å².